The first kappa shape index (κ1) is 19.3. The smallest absolute Gasteiger partial charge is 0.109 e. The molecular weight excluding hydrogens is 184 g/mol. The van der Waals surface area contributed by atoms with E-state index in [1.165, 1.54) is 0 Å². The Balaban J connectivity index is -0.000000208. The lowest BCUT2D eigenvalue weighted by Gasteiger charge is -1.90. The van der Waals surface area contributed by atoms with Crippen LogP contribution in [-0.2, 0) is 0 Å². The summed E-state index contributed by atoms with van der Waals surface area (Å²) in [6.07, 6.45) is 3.69. The number of aryl methyl sites for hydroxylation is 2. The van der Waals surface area contributed by atoms with E-state index in [2.05, 4.69) is 24.7 Å². The van der Waals surface area contributed by atoms with Crippen LogP contribution in [0, 0.1) is 13.8 Å². The largest absolute Gasteiger partial charge is 0.311 e. The van der Waals surface area contributed by atoms with E-state index in [-0.39, 0.29) is 0 Å². The number of rotatable bonds is 1. The highest BCUT2D eigenvalue weighted by molar-refractivity contribution is 5.21. The van der Waals surface area contributed by atoms with Gasteiger partial charge < -0.3 is 4.57 Å². The van der Waals surface area contributed by atoms with Crippen molar-refractivity contribution in [3.05, 3.63) is 37.5 Å². The summed E-state index contributed by atoms with van der Waals surface area (Å²) in [5.41, 5.74) is 1.03. The molecule has 88 valence electrons. The fourth-order valence-electron chi connectivity index (χ4n) is 0.821. The van der Waals surface area contributed by atoms with Gasteiger partial charge in [0, 0.05) is 12.4 Å². The van der Waals surface area contributed by atoms with Crippen molar-refractivity contribution in [2.24, 2.45) is 0 Å². The van der Waals surface area contributed by atoms with Crippen LogP contribution in [-0.4, -0.2) is 9.55 Å². The molecule has 2 heteroatoms. The molecule has 0 N–H and O–H groups in total. The van der Waals surface area contributed by atoms with Crippen molar-refractivity contribution in [2.75, 3.05) is 0 Å². The van der Waals surface area contributed by atoms with Crippen LogP contribution in [0.3, 0.4) is 0 Å². The number of hydrogen-bond acceptors (Lipinski definition) is 1. The predicted octanol–water partition coefficient (Wildman–Crippen LogP) is 4.46. The second kappa shape index (κ2) is 15.2. The molecular formula is C13H26N2. The SMILES string of the molecule is C=C.C=Cn1cc(C)nc1C.CC.CC. The van der Waals surface area contributed by atoms with Crippen molar-refractivity contribution in [3.8, 4) is 0 Å². The van der Waals surface area contributed by atoms with Crippen molar-refractivity contribution in [3.63, 3.8) is 0 Å². The lowest BCUT2D eigenvalue weighted by atomic mass is 10.6. The first-order chi connectivity index (χ1) is 7.24. The molecule has 0 saturated carbocycles. The fraction of sp³-hybridized carbons (Fsp3) is 0.462. The number of aromatic nitrogens is 2. The molecule has 0 saturated heterocycles. The molecule has 2 nitrogen and oxygen atoms in total. The summed E-state index contributed by atoms with van der Waals surface area (Å²) in [4.78, 5) is 4.17. The molecule has 0 aromatic carbocycles. The van der Waals surface area contributed by atoms with Gasteiger partial charge in [-0.2, -0.15) is 0 Å². The molecule has 0 aliphatic carbocycles. The van der Waals surface area contributed by atoms with Crippen LogP contribution in [0.1, 0.15) is 39.2 Å². The van der Waals surface area contributed by atoms with E-state index in [4.69, 9.17) is 0 Å². The molecule has 0 bridgehead atoms. The Kier molecular flexibility index (Phi) is 19.5. The fourth-order valence-corrected chi connectivity index (χ4v) is 0.821. The highest BCUT2D eigenvalue weighted by Crippen LogP contribution is 1.99. The third-order valence-corrected chi connectivity index (χ3v) is 1.23. The molecule has 0 fully saturated rings. The van der Waals surface area contributed by atoms with Crippen LogP contribution < -0.4 is 0 Å². The maximum atomic E-state index is 4.17. The number of imidazole rings is 1. The second-order valence-corrected chi connectivity index (χ2v) is 2.02. The van der Waals surface area contributed by atoms with Crippen molar-refractivity contribution < 1.29 is 0 Å². The summed E-state index contributed by atoms with van der Waals surface area (Å²) in [7, 11) is 0. The maximum Gasteiger partial charge on any atom is 0.109 e. The van der Waals surface area contributed by atoms with E-state index in [9.17, 15) is 0 Å². The zero-order valence-corrected chi connectivity index (χ0v) is 11.2. The molecule has 1 rings (SSSR count). The zero-order valence-electron chi connectivity index (χ0n) is 11.2. The highest BCUT2D eigenvalue weighted by Gasteiger charge is 1.93. The summed E-state index contributed by atoms with van der Waals surface area (Å²) in [5, 5.41) is 0. The third kappa shape index (κ3) is 9.01. The number of nitrogens with zero attached hydrogens (tertiary/aromatic N) is 2. The van der Waals surface area contributed by atoms with Gasteiger partial charge >= 0.3 is 0 Å². The Bertz CT molecular complexity index is 237. The van der Waals surface area contributed by atoms with Crippen molar-refractivity contribution in [2.45, 2.75) is 41.5 Å². The molecule has 0 spiro atoms. The Morgan fingerprint density at radius 3 is 1.67 bits per heavy atom. The molecule has 0 amide bonds. The predicted molar refractivity (Wildman–Crippen MR) is 72.0 cm³/mol. The normalized spacial score (nSPS) is 6.80. The van der Waals surface area contributed by atoms with Gasteiger partial charge in [0.2, 0.25) is 0 Å². The maximum absolute atomic E-state index is 4.17. The van der Waals surface area contributed by atoms with E-state index in [1.807, 2.05) is 52.3 Å². The summed E-state index contributed by atoms with van der Waals surface area (Å²) >= 11 is 0. The highest BCUT2D eigenvalue weighted by atomic mass is 15.0. The second-order valence-electron chi connectivity index (χ2n) is 2.02. The summed E-state index contributed by atoms with van der Waals surface area (Å²) < 4.78 is 1.90. The molecule has 0 aliphatic rings. The summed E-state index contributed by atoms with van der Waals surface area (Å²) in [6.45, 7) is 21.5. The topological polar surface area (TPSA) is 17.8 Å². The summed E-state index contributed by atoms with van der Waals surface area (Å²) in [6, 6.07) is 0. The Morgan fingerprint density at radius 1 is 1.13 bits per heavy atom. The number of hydrogen-bond donors (Lipinski definition) is 0. The molecule has 1 aromatic heterocycles. The van der Waals surface area contributed by atoms with Crippen LogP contribution in [0.25, 0.3) is 6.20 Å². The molecule has 0 aliphatic heterocycles. The first-order valence-electron chi connectivity index (χ1n) is 5.38. The van der Waals surface area contributed by atoms with Gasteiger partial charge in [-0.25, -0.2) is 4.98 Å². The van der Waals surface area contributed by atoms with Gasteiger partial charge in [-0.15, -0.1) is 13.2 Å². The van der Waals surface area contributed by atoms with Crippen LogP contribution in [0.4, 0.5) is 0 Å². The Labute approximate surface area is 95.4 Å². The average molecular weight is 210 g/mol. The lowest BCUT2D eigenvalue weighted by molar-refractivity contribution is 1.03. The minimum atomic E-state index is 0.988. The van der Waals surface area contributed by atoms with Crippen LogP contribution in [0.5, 0.6) is 0 Å². The van der Waals surface area contributed by atoms with Gasteiger partial charge in [0.1, 0.15) is 5.82 Å². The van der Waals surface area contributed by atoms with Gasteiger partial charge in [-0.1, -0.05) is 34.3 Å². The van der Waals surface area contributed by atoms with E-state index < -0.39 is 0 Å². The van der Waals surface area contributed by atoms with Gasteiger partial charge in [0.25, 0.3) is 0 Å². The van der Waals surface area contributed by atoms with Crippen LogP contribution in [0.2, 0.25) is 0 Å². The Morgan fingerprint density at radius 2 is 1.53 bits per heavy atom. The average Bonchev–Trinajstić information content (AvgIpc) is 2.65. The monoisotopic (exact) mass is 210 g/mol. The van der Waals surface area contributed by atoms with E-state index in [0.717, 1.165) is 11.5 Å². The standard InChI is InChI=1S/C7H10N2.2C2H6.C2H4/c1-4-9-5-6(2)8-7(9)3;3*1-2/h4-5H,1H2,2-3H3;2*1-2H3;1-2H2. The summed E-state index contributed by atoms with van der Waals surface area (Å²) in [5.74, 6) is 0.988. The van der Waals surface area contributed by atoms with E-state index in [1.54, 1.807) is 6.20 Å². The molecule has 0 atom stereocenters. The van der Waals surface area contributed by atoms with Gasteiger partial charge in [-0.05, 0) is 13.8 Å². The van der Waals surface area contributed by atoms with E-state index >= 15 is 0 Å². The molecule has 1 heterocycles. The lowest BCUT2D eigenvalue weighted by Crippen LogP contribution is -1.84. The van der Waals surface area contributed by atoms with Gasteiger partial charge in [0.05, 0.1) is 5.69 Å². The Hall–Kier alpha value is -1.31. The van der Waals surface area contributed by atoms with Crippen LogP contribution >= 0.6 is 0 Å². The molecule has 0 radical (unpaired) electrons. The molecule has 1 aromatic rings. The first-order valence-corrected chi connectivity index (χ1v) is 5.38. The minimum Gasteiger partial charge on any atom is -0.311 e. The zero-order chi connectivity index (χ0) is 12.9. The van der Waals surface area contributed by atoms with Crippen molar-refractivity contribution >= 4 is 6.20 Å². The minimum absolute atomic E-state index is 0.988. The van der Waals surface area contributed by atoms with Gasteiger partial charge in [-0.3, -0.25) is 0 Å². The van der Waals surface area contributed by atoms with Gasteiger partial charge in [0.15, 0.2) is 0 Å². The third-order valence-electron chi connectivity index (χ3n) is 1.23. The quantitative estimate of drug-likeness (QED) is 0.626. The molecule has 15 heavy (non-hydrogen) atoms. The van der Waals surface area contributed by atoms with Crippen LogP contribution in [0.15, 0.2) is 25.9 Å². The molecule has 0 unspecified atom stereocenters. The van der Waals surface area contributed by atoms with Crippen molar-refractivity contribution in [1.82, 2.24) is 9.55 Å². The van der Waals surface area contributed by atoms with E-state index in [0.29, 0.717) is 0 Å². The van der Waals surface area contributed by atoms with Crippen molar-refractivity contribution in [1.29, 1.82) is 0 Å².